The van der Waals surface area contributed by atoms with Gasteiger partial charge in [0.25, 0.3) is 0 Å². The first-order valence-electron chi connectivity index (χ1n) is 7.41. The number of aryl methyl sites for hydroxylation is 1. The summed E-state index contributed by atoms with van der Waals surface area (Å²) in [4.78, 5) is 0. The lowest BCUT2D eigenvalue weighted by molar-refractivity contribution is 0.0954. The molecule has 1 aromatic carbocycles. The Hall–Kier alpha value is -0.763. The standard InChI is InChI=1S/C15H28N2O3Si/c1-18-21(19-2,13-11-15(16)17)20-12-7-6-10-14-8-4-3-5-9-14/h3-5,8-9,15H,6-7,10-13,16-17H2,1-2H3. The molecule has 5 nitrogen and oxygen atoms in total. The largest absolute Gasteiger partial charge is 0.500 e. The zero-order chi connectivity index (χ0) is 15.6. The fourth-order valence-electron chi connectivity index (χ4n) is 2.12. The van der Waals surface area contributed by atoms with E-state index in [0.29, 0.717) is 19.1 Å². The molecular weight excluding hydrogens is 284 g/mol. The maximum atomic E-state index is 5.90. The third kappa shape index (κ3) is 7.17. The quantitative estimate of drug-likeness (QED) is 0.370. The van der Waals surface area contributed by atoms with E-state index in [9.17, 15) is 0 Å². The van der Waals surface area contributed by atoms with E-state index in [4.69, 9.17) is 24.7 Å². The van der Waals surface area contributed by atoms with E-state index in [1.807, 2.05) is 6.07 Å². The SMILES string of the molecule is CO[Si](CCC(N)N)(OC)OCCCCc1ccccc1. The third-order valence-electron chi connectivity index (χ3n) is 3.43. The summed E-state index contributed by atoms with van der Waals surface area (Å²) in [5.74, 6) is 0. The van der Waals surface area contributed by atoms with Gasteiger partial charge in [-0.25, -0.2) is 0 Å². The second kappa shape index (κ2) is 10.0. The molecule has 0 aliphatic heterocycles. The smallest absolute Gasteiger partial charge is 0.377 e. The molecule has 0 amide bonds. The Kier molecular flexibility index (Phi) is 8.75. The van der Waals surface area contributed by atoms with Crippen molar-refractivity contribution < 1.29 is 13.3 Å². The van der Waals surface area contributed by atoms with Crippen LogP contribution in [-0.4, -0.2) is 35.8 Å². The lowest BCUT2D eigenvalue weighted by Gasteiger charge is -2.27. The summed E-state index contributed by atoms with van der Waals surface area (Å²) in [7, 11) is 0.658. The van der Waals surface area contributed by atoms with Crippen LogP contribution in [0.3, 0.4) is 0 Å². The second-order valence-corrected chi connectivity index (χ2v) is 8.06. The summed E-state index contributed by atoms with van der Waals surface area (Å²) in [5, 5.41) is 0. The molecule has 0 aromatic heterocycles. The molecule has 1 rings (SSSR count). The van der Waals surface area contributed by atoms with Gasteiger partial charge in [-0.15, -0.1) is 0 Å². The van der Waals surface area contributed by atoms with Gasteiger partial charge in [0.05, 0.1) is 6.17 Å². The molecular formula is C15H28N2O3Si. The highest BCUT2D eigenvalue weighted by Crippen LogP contribution is 2.17. The van der Waals surface area contributed by atoms with Crippen LogP contribution in [0.2, 0.25) is 6.04 Å². The van der Waals surface area contributed by atoms with E-state index in [2.05, 4.69) is 24.3 Å². The van der Waals surface area contributed by atoms with Crippen LogP contribution in [0.5, 0.6) is 0 Å². The van der Waals surface area contributed by atoms with Crippen LogP contribution in [0.25, 0.3) is 0 Å². The van der Waals surface area contributed by atoms with Crippen LogP contribution in [0.15, 0.2) is 30.3 Å². The predicted octanol–water partition coefficient (Wildman–Crippen LogP) is 1.89. The fraction of sp³-hybridized carbons (Fsp3) is 0.600. The highest BCUT2D eigenvalue weighted by Gasteiger charge is 2.38. The van der Waals surface area contributed by atoms with Crippen LogP contribution in [0.4, 0.5) is 0 Å². The Morgan fingerprint density at radius 2 is 1.71 bits per heavy atom. The Morgan fingerprint density at radius 3 is 2.29 bits per heavy atom. The van der Waals surface area contributed by atoms with Gasteiger partial charge in [-0.3, -0.25) is 0 Å². The van der Waals surface area contributed by atoms with Crippen LogP contribution >= 0.6 is 0 Å². The van der Waals surface area contributed by atoms with Crippen molar-refractivity contribution in [2.24, 2.45) is 11.5 Å². The van der Waals surface area contributed by atoms with Crippen LogP contribution < -0.4 is 11.5 Å². The first kappa shape index (κ1) is 18.3. The molecule has 0 unspecified atom stereocenters. The van der Waals surface area contributed by atoms with Crippen molar-refractivity contribution in [3.05, 3.63) is 35.9 Å². The predicted molar refractivity (Wildman–Crippen MR) is 86.7 cm³/mol. The van der Waals surface area contributed by atoms with Crippen molar-refractivity contribution in [1.29, 1.82) is 0 Å². The number of benzene rings is 1. The zero-order valence-corrected chi connectivity index (χ0v) is 14.1. The molecule has 0 saturated heterocycles. The Morgan fingerprint density at radius 1 is 1.05 bits per heavy atom. The molecule has 0 radical (unpaired) electrons. The average molecular weight is 312 g/mol. The summed E-state index contributed by atoms with van der Waals surface area (Å²) in [6.07, 6.45) is 3.40. The van der Waals surface area contributed by atoms with Crippen molar-refractivity contribution in [3.63, 3.8) is 0 Å². The Balaban J connectivity index is 2.26. The zero-order valence-electron chi connectivity index (χ0n) is 13.1. The summed E-state index contributed by atoms with van der Waals surface area (Å²) in [5.41, 5.74) is 12.5. The Bertz CT molecular complexity index is 372. The molecule has 120 valence electrons. The lowest BCUT2D eigenvalue weighted by Crippen LogP contribution is -2.46. The molecule has 0 atom stereocenters. The summed E-state index contributed by atoms with van der Waals surface area (Å²) >= 11 is 0. The van der Waals surface area contributed by atoms with Crippen molar-refractivity contribution in [2.75, 3.05) is 20.8 Å². The molecule has 21 heavy (non-hydrogen) atoms. The van der Waals surface area contributed by atoms with Gasteiger partial charge >= 0.3 is 8.80 Å². The van der Waals surface area contributed by atoms with Crippen LogP contribution in [-0.2, 0) is 19.7 Å². The maximum absolute atomic E-state index is 5.90. The minimum Gasteiger partial charge on any atom is -0.377 e. The molecule has 0 aliphatic rings. The number of rotatable bonds is 11. The number of hydrogen-bond donors (Lipinski definition) is 2. The molecule has 0 bridgehead atoms. The van der Waals surface area contributed by atoms with Crippen molar-refractivity contribution in [3.8, 4) is 0 Å². The van der Waals surface area contributed by atoms with Gasteiger partial charge < -0.3 is 24.7 Å². The minimum atomic E-state index is -2.60. The van der Waals surface area contributed by atoms with Crippen LogP contribution in [0.1, 0.15) is 24.8 Å². The Labute approximate surface area is 128 Å². The fourth-order valence-corrected chi connectivity index (χ4v) is 4.22. The monoisotopic (exact) mass is 312 g/mol. The van der Waals surface area contributed by atoms with E-state index in [1.54, 1.807) is 14.2 Å². The third-order valence-corrected chi connectivity index (χ3v) is 6.22. The van der Waals surface area contributed by atoms with Crippen molar-refractivity contribution >= 4 is 8.80 Å². The first-order chi connectivity index (χ1) is 10.1. The van der Waals surface area contributed by atoms with E-state index in [0.717, 1.165) is 19.3 Å². The normalized spacial score (nSPS) is 12.0. The average Bonchev–Trinajstić information content (AvgIpc) is 2.51. The summed E-state index contributed by atoms with van der Waals surface area (Å²) in [6, 6.07) is 11.1. The number of unbranched alkanes of at least 4 members (excludes halogenated alkanes) is 1. The lowest BCUT2D eigenvalue weighted by atomic mass is 10.1. The molecule has 4 N–H and O–H groups in total. The van der Waals surface area contributed by atoms with E-state index in [1.165, 1.54) is 5.56 Å². The molecule has 0 aliphatic carbocycles. The molecule has 1 aromatic rings. The maximum Gasteiger partial charge on any atom is 0.500 e. The van der Waals surface area contributed by atoms with Gasteiger partial charge in [0.1, 0.15) is 0 Å². The van der Waals surface area contributed by atoms with Gasteiger partial charge in [0, 0.05) is 26.9 Å². The minimum absolute atomic E-state index is 0.358. The molecule has 0 heterocycles. The summed E-state index contributed by atoms with van der Waals surface area (Å²) in [6.45, 7) is 0.639. The van der Waals surface area contributed by atoms with Crippen LogP contribution in [0, 0.1) is 0 Å². The van der Waals surface area contributed by atoms with Gasteiger partial charge in [0.15, 0.2) is 0 Å². The van der Waals surface area contributed by atoms with Gasteiger partial charge in [-0.1, -0.05) is 30.3 Å². The molecule has 0 spiro atoms. The van der Waals surface area contributed by atoms with E-state index < -0.39 is 8.80 Å². The van der Waals surface area contributed by atoms with E-state index >= 15 is 0 Å². The molecule has 0 saturated carbocycles. The van der Waals surface area contributed by atoms with Gasteiger partial charge in [0.2, 0.25) is 0 Å². The second-order valence-electron chi connectivity index (χ2n) is 5.08. The van der Waals surface area contributed by atoms with Gasteiger partial charge in [-0.05, 0) is 31.2 Å². The topological polar surface area (TPSA) is 79.7 Å². The molecule has 0 fully saturated rings. The number of nitrogens with two attached hydrogens (primary N) is 2. The highest BCUT2D eigenvalue weighted by molar-refractivity contribution is 6.60. The van der Waals surface area contributed by atoms with Crippen molar-refractivity contribution in [2.45, 2.75) is 37.9 Å². The highest BCUT2D eigenvalue weighted by atomic mass is 28.4. The van der Waals surface area contributed by atoms with Gasteiger partial charge in [-0.2, -0.15) is 0 Å². The number of hydrogen-bond acceptors (Lipinski definition) is 5. The first-order valence-corrected chi connectivity index (χ1v) is 9.34. The summed E-state index contributed by atoms with van der Waals surface area (Å²) < 4.78 is 16.9. The van der Waals surface area contributed by atoms with E-state index in [-0.39, 0.29) is 6.17 Å². The molecule has 6 heteroatoms. The van der Waals surface area contributed by atoms with Crippen molar-refractivity contribution in [1.82, 2.24) is 0 Å².